The molecule has 11 nitrogen and oxygen atoms in total. The third kappa shape index (κ3) is 30.3. The number of rotatable bonds is 37. The van der Waals surface area contributed by atoms with Crippen LogP contribution in [0.25, 0.3) is 0 Å². The molecule has 0 aliphatic rings. The molecule has 0 bridgehead atoms. The smallest absolute Gasteiger partial charge is 0.306 e. The van der Waals surface area contributed by atoms with Gasteiger partial charge in [0.2, 0.25) is 0 Å². The normalized spacial score (nSPS) is 14.5. The maximum atomic E-state index is 12.7. The summed E-state index contributed by atoms with van der Waals surface area (Å²) in [6.45, 7) is 8.22. The van der Waals surface area contributed by atoms with Crippen LogP contribution in [-0.2, 0) is 45.5 Å². The summed E-state index contributed by atoms with van der Waals surface area (Å²) in [6, 6.07) is 0. The molecular formula is C48H82NO10P. The van der Waals surface area contributed by atoms with Crippen molar-refractivity contribution in [3.05, 3.63) is 71.3 Å². The molecule has 0 spiro atoms. The minimum absolute atomic E-state index is 0.0585. The van der Waals surface area contributed by atoms with Crippen molar-refractivity contribution in [3.63, 3.8) is 0 Å². The summed E-state index contributed by atoms with van der Waals surface area (Å²) in [5.41, 5.74) is 2.59. The van der Waals surface area contributed by atoms with Crippen LogP contribution in [-0.4, -0.2) is 81.2 Å². The monoisotopic (exact) mass is 864 g/mol. The molecule has 0 amide bonds. The largest absolute Gasteiger partial charge is 0.756 e. The highest BCUT2D eigenvalue weighted by Crippen LogP contribution is 2.38. The Hall–Kier alpha value is -2.79. The highest BCUT2D eigenvalue weighted by atomic mass is 31.2. The number of esters is 2. The number of allylic oxidation sites excluding steroid dienone is 7. The van der Waals surface area contributed by atoms with E-state index in [0.29, 0.717) is 30.3 Å². The fourth-order valence-corrected chi connectivity index (χ4v) is 6.92. The van der Waals surface area contributed by atoms with Crippen LogP contribution in [0.4, 0.5) is 0 Å². The third-order valence-corrected chi connectivity index (χ3v) is 11.1. The summed E-state index contributed by atoms with van der Waals surface area (Å²) >= 11 is 0. The molecule has 1 heterocycles. The summed E-state index contributed by atoms with van der Waals surface area (Å²) in [6.07, 6.45) is 33.2. The lowest BCUT2D eigenvalue weighted by molar-refractivity contribution is -0.870. The number of hydrogen-bond donors (Lipinski definition) is 1. The second-order valence-electron chi connectivity index (χ2n) is 16.8. The first-order chi connectivity index (χ1) is 28.7. The molecule has 1 N–H and O–H groups in total. The summed E-state index contributed by atoms with van der Waals surface area (Å²) < 4.78 is 40.1. The van der Waals surface area contributed by atoms with Crippen LogP contribution >= 0.6 is 7.82 Å². The van der Waals surface area contributed by atoms with E-state index in [-0.39, 0.29) is 32.2 Å². The SMILES string of the molecule is CCCCCc1oc(CCCCCCCCC(=O)OC[C@H](COP(=O)([O-])OCC[N+](C)(C)C)OC(=O)CCC/C=C\C/C=C\C/C=C\C/C=C\[C@H](O)CCCC)c(C)c1C. The lowest BCUT2D eigenvalue weighted by atomic mass is 10.0. The first-order valence-electron chi connectivity index (χ1n) is 22.8. The second-order valence-corrected chi connectivity index (χ2v) is 18.2. The summed E-state index contributed by atoms with van der Waals surface area (Å²) in [5.74, 6) is 1.31. The predicted molar refractivity (Wildman–Crippen MR) is 240 cm³/mol. The van der Waals surface area contributed by atoms with Crippen molar-refractivity contribution < 1.29 is 51.6 Å². The number of aliphatic hydroxyl groups excluding tert-OH is 1. The molecule has 0 aromatic carbocycles. The molecule has 344 valence electrons. The lowest BCUT2D eigenvalue weighted by Crippen LogP contribution is -2.37. The first kappa shape index (κ1) is 55.2. The lowest BCUT2D eigenvalue weighted by Gasteiger charge is -2.28. The zero-order chi connectivity index (χ0) is 44.5. The van der Waals surface area contributed by atoms with E-state index in [1.165, 1.54) is 30.4 Å². The van der Waals surface area contributed by atoms with Crippen molar-refractivity contribution in [3.8, 4) is 0 Å². The Bertz CT molecular complexity index is 1460. The molecule has 0 saturated carbocycles. The van der Waals surface area contributed by atoms with Crippen molar-refractivity contribution >= 4 is 19.8 Å². The number of likely N-dealkylation sites (N-methyl/N-ethyl adjacent to an activating group) is 1. The number of nitrogens with zero attached hydrogens (tertiary/aromatic N) is 1. The summed E-state index contributed by atoms with van der Waals surface area (Å²) in [4.78, 5) is 37.7. The molecule has 0 aliphatic carbocycles. The number of aryl methyl sites for hydroxylation is 2. The zero-order valence-electron chi connectivity index (χ0n) is 38.5. The highest BCUT2D eigenvalue weighted by Gasteiger charge is 2.22. The van der Waals surface area contributed by atoms with E-state index in [9.17, 15) is 24.2 Å². The molecule has 0 fully saturated rings. The van der Waals surface area contributed by atoms with Gasteiger partial charge >= 0.3 is 11.9 Å². The number of quaternary nitrogens is 1. The number of carbonyl (C=O) groups excluding carboxylic acids is 2. The number of carbonyl (C=O) groups is 2. The number of unbranched alkanes of at least 4 members (excludes halogenated alkanes) is 9. The van der Waals surface area contributed by atoms with Crippen LogP contribution in [0.2, 0.25) is 0 Å². The average molecular weight is 864 g/mol. The van der Waals surface area contributed by atoms with Gasteiger partial charge in [0, 0.05) is 25.7 Å². The average Bonchev–Trinajstić information content (AvgIpc) is 3.46. The Morgan fingerprint density at radius 3 is 1.88 bits per heavy atom. The number of ether oxygens (including phenoxy) is 2. The van der Waals surface area contributed by atoms with Gasteiger partial charge in [-0.05, 0) is 82.8 Å². The number of furan rings is 1. The van der Waals surface area contributed by atoms with Gasteiger partial charge in [0.1, 0.15) is 31.3 Å². The van der Waals surface area contributed by atoms with E-state index in [4.69, 9.17) is 22.9 Å². The third-order valence-electron chi connectivity index (χ3n) is 10.1. The van der Waals surface area contributed by atoms with Crippen LogP contribution in [0.5, 0.6) is 0 Å². The van der Waals surface area contributed by atoms with Gasteiger partial charge in [-0.25, -0.2) is 0 Å². The Labute approximate surface area is 363 Å². The van der Waals surface area contributed by atoms with Crippen LogP contribution in [0.15, 0.2) is 53.0 Å². The van der Waals surface area contributed by atoms with Crippen molar-refractivity contribution in [1.29, 1.82) is 0 Å². The van der Waals surface area contributed by atoms with Gasteiger partial charge in [0.25, 0.3) is 7.82 Å². The molecular weight excluding hydrogens is 781 g/mol. The first-order valence-corrected chi connectivity index (χ1v) is 24.3. The molecule has 3 atom stereocenters. The van der Waals surface area contributed by atoms with E-state index in [1.54, 1.807) is 0 Å². The maximum absolute atomic E-state index is 12.7. The summed E-state index contributed by atoms with van der Waals surface area (Å²) in [7, 11) is 1.07. The Morgan fingerprint density at radius 1 is 0.717 bits per heavy atom. The standard InChI is InChI=1S/C48H82NO10P/c1-8-10-26-33-45-41(3)42(4)46(59-45)34-28-23-20-21-24-29-35-47(51)55-39-44(40-57-60(53,54)56-38-37-49(5,6)7)58-48(52)36-30-25-19-17-15-13-12-14-16-18-22-27-32-43(50)31-11-9-2/h12-13,16-19,27,32,43-44,50H,8-11,14-15,20-26,28-31,33-40H2,1-7H3/b13-12-,18-16-,19-17-,32-27-/t43-,44-/m1/s1. The fourth-order valence-electron chi connectivity index (χ4n) is 6.20. The molecule has 0 aliphatic heterocycles. The second kappa shape index (κ2) is 33.8. The minimum atomic E-state index is -4.67. The van der Waals surface area contributed by atoms with Crippen molar-refractivity contribution in [2.45, 2.75) is 175 Å². The van der Waals surface area contributed by atoms with Crippen molar-refractivity contribution in [2.24, 2.45) is 0 Å². The summed E-state index contributed by atoms with van der Waals surface area (Å²) in [5, 5.41) is 9.83. The maximum Gasteiger partial charge on any atom is 0.306 e. The Balaban J connectivity index is 2.43. The molecule has 60 heavy (non-hydrogen) atoms. The van der Waals surface area contributed by atoms with Gasteiger partial charge in [0.05, 0.1) is 33.9 Å². The Kier molecular flexibility index (Phi) is 31.1. The number of hydrogen-bond acceptors (Lipinski definition) is 10. The topological polar surface area (TPSA) is 145 Å². The molecule has 1 unspecified atom stereocenters. The minimum Gasteiger partial charge on any atom is -0.756 e. The predicted octanol–water partition coefficient (Wildman–Crippen LogP) is 10.7. The van der Waals surface area contributed by atoms with Gasteiger partial charge in [-0.3, -0.25) is 14.2 Å². The molecule has 0 saturated heterocycles. The van der Waals surface area contributed by atoms with Gasteiger partial charge in [0.15, 0.2) is 6.10 Å². The number of phosphoric acid groups is 1. The molecule has 1 aromatic rings. The van der Waals surface area contributed by atoms with E-state index >= 15 is 0 Å². The fraction of sp³-hybridized carbons (Fsp3) is 0.708. The van der Waals surface area contributed by atoms with Crippen molar-refractivity contribution in [1.82, 2.24) is 0 Å². The van der Waals surface area contributed by atoms with Gasteiger partial charge in [-0.15, -0.1) is 0 Å². The molecule has 1 rings (SSSR count). The quantitative estimate of drug-likeness (QED) is 0.0226. The van der Waals surface area contributed by atoms with E-state index in [1.807, 2.05) is 45.4 Å². The van der Waals surface area contributed by atoms with E-state index in [0.717, 1.165) is 95.0 Å². The Morgan fingerprint density at radius 2 is 1.27 bits per heavy atom. The highest BCUT2D eigenvalue weighted by molar-refractivity contribution is 7.45. The zero-order valence-corrected chi connectivity index (χ0v) is 39.4. The van der Waals surface area contributed by atoms with Crippen molar-refractivity contribution in [2.75, 3.05) is 47.5 Å². The van der Waals surface area contributed by atoms with Gasteiger partial charge in [-0.2, -0.15) is 0 Å². The van der Waals surface area contributed by atoms with E-state index < -0.39 is 32.5 Å². The van der Waals surface area contributed by atoms with E-state index in [2.05, 4.69) is 52.0 Å². The molecule has 0 radical (unpaired) electrons. The molecule has 12 heteroatoms. The van der Waals surface area contributed by atoms with Crippen LogP contribution in [0, 0.1) is 13.8 Å². The van der Waals surface area contributed by atoms with Crippen LogP contribution < -0.4 is 4.89 Å². The van der Waals surface area contributed by atoms with Crippen LogP contribution in [0.1, 0.15) is 158 Å². The number of aliphatic hydroxyl groups is 1. The molecule has 1 aromatic heterocycles. The van der Waals surface area contributed by atoms with Crippen LogP contribution in [0.3, 0.4) is 0 Å². The van der Waals surface area contributed by atoms with Gasteiger partial charge in [-0.1, -0.05) is 114 Å². The number of phosphoric ester groups is 1. The van der Waals surface area contributed by atoms with Gasteiger partial charge < -0.3 is 37.4 Å².